The van der Waals surface area contributed by atoms with Crippen LogP contribution < -0.4 is 5.32 Å². The first-order valence-corrected chi connectivity index (χ1v) is 8.46. The second kappa shape index (κ2) is 7.43. The topological polar surface area (TPSA) is 29.9 Å². The van der Waals surface area contributed by atoms with Crippen molar-refractivity contribution in [2.24, 2.45) is 0 Å². The molecule has 0 aliphatic rings. The number of rotatable bonds is 6. The highest BCUT2D eigenvalue weighted by Gasteiger charge is 2.14. The molecule has 0 spiro atoms. The number of nitrogens with zero attached hydrogens (tertiary/aromatic N) is 2. The Morgan fingerprint density at radius 2 is 2.14 bits per heavy atom. The van der Waals surface area contributed by atoms with E-state index in [0.29, 0.717) is 0 Å². The van der Waals surface area contributed by atoms with Crippen molar-refractivity contribution in [3.8, 4) is 0 Å². The van der Waals surface area contributed by atoms with Crippen LogP contribution in [0.5, 0.6) is 0 Å². The van der Waals surface area contributed by atoms with Gasteiger partial charge in [-0.05, 0) is 53.9 Å². The molecule has 0 saturated carbocycles. The van der Waals surface area contributed by atoms with E-state index in [1.807, 2.05) is 18.2 Å². The number of hydrogen-bond acceptors (Lipinski definition) is 2. The van der Waals surface area contributed by atoms with Crippen LogP contribution in [0.25, 0.3) is 0 Å². The standard InChI is InChI=1S/C16H21BrClN3/c1-4-14-16(17)15(21(5-2)20-14)10-19-11(3)12-7-6-8-13(18)9-12/h6-9,11,19H,4-5,10H2,1-3H3/t11-/m0/s1. The Hall–Kier alpha value is -0.840. The van der Waals surface area contributed by atoms with Gasteiger partial charge in [-0.25, -0.2) is 0 Å². The van der Waals surface area contributed by atoms with Gasteiger partial charge in [-0.2, -0.15) is 5.10 Å². The van der Waals surface area contributed by atoms with Crippen LogP contribution in [-0.4, -0.2) is 9.78 Å². The van der Waals surface area contributed by atoms with Crippen LogP contribution in [0.2, 0.25) is 5.02 Å². The van der Waals surface area contributed by atoms with Gasteiger partial charge in [0.1, 0.15) is 0 Å². The number of hydrogen-bond donors (Lipinski definition) is 1. The SMILES string of the molecule is CCc1nn(CC)c(CN[C@@H](C)c2cccc(Cl)c2)c1Br. The monoisotopic (exact) mass is 369 g/mol. The molecule has 114 valence electrons. The normalized spacial score (nSPS) is 12.6. The minimum absolute atomic E-state index is 0.237. The Morgan fingerprint density at radius 1 is 1.38 bits per heavy atom. The van der Waals surface area contributed by atoms with E-state index in [2.05, 4.69) is 57.9 Å². The van der Waals surface area contributed by atoms with E-state index in [4.69, 9.17) is 11.6 Å². The van der Waals surface area contributed by atoms with E-state index in [1.165, 1.54) is 11.3 Å². The summed E-state index contributed by atoms with van der Waals surface area (Å²) >= 11 is 9.73. The molecular formula is C16H21BrClN3. The molecule has 2 aromatic rings. The van der Waals surface area contributed by atoms with E-state index < -0.39 is 0 Å². The zero-order valence-electron chi connectivity index (χ0n) is 12.7. The number of halogens is 2. The van der Waals surface area contributed by atoms with Gasteiger partial charge in [-0.15, -0.1) is 0 Å². The van der Waals surface area contributed by atoms with Crippen LogP contribution in [0.4, 0.5) is 0 Å². The number of aryl methyl sites for hydroxylation is 2. The minimum atomic E-state index is 0.237. The molecule has 0 bridgehead atoms. The van der Waals surface area contributed by atoms with Crippen molar-refractivity contribution >= 4 is 27.5 Å². The fraction of sp³-hybridized carbons (Fsp3) is 0.438. The molecule has 1 heterocycles. The summed E-state index contributed by atoms with van der Waals surface area (Å²) < 4.78 is 3.18. The van der Waals surface area contributed by atoms with Crippen molar-refractivity contribution in [1.82, 2.24) is 15.1 Å². The molecule has 0 radical (unpaired) electrons. The summed E-state index contributed by atoms with van der Waals surface area (Å²) in [6, 6.07) is 8.21. The third kappa shape index (κ3) is 3.87. The fourth-order valence-electron chi connectivity index (χ4n) is 2.33. The maximum atomic E-state index is 6.05. The van der Waals surface area contributed by atoms with Crippen molar-refractivity contribution in [2.45, 2.75) is 46.3 Å². The maximum Gasteiger partial charge on any atom is 0.0767 e. The number of benzene rings is 1. The third-order valence-corrected chi connectivity index (χ3v) is 4.77. The molecule has 0 saturated heterocycles. The van der Waals surface area contributed by atoms with Gasteiger partial charge in [0.05, 0.1) is 15.9 Å². The van der Waals surface area contributed by atoms with Crippen molar-refractivity contribution in [2.75, 3.05) is 0 Å². The average molecular weight is 371 g/mol. The smallest absolute Gasteiger partial charge is 0.0767 e. The van der Waals surface area contributed by atoms with Crippen LogP contribution in [-0.2, 0) is 19.5 Å². The molecular weight excluding hydrogens is 350 g/mol. The number of nitrogens with one attached hydrogen (secondary N) is 1. The summed E-state index contributed by atoms with van der Waals surface area (Å²) in [5.74, 6) is 0. The van der Waals surface area contributed by atoms with Gasteiger partial charge < -0.3 is 5.32 Å². The molecule has 2 rings (SSSR count). The maximum absolute atomic E-state index is 6.05. The fourth-order valence-corrected chi connectivity index (χ4v) is 3.23. The molecule has 1 atom stereocenters. The van der Waals surface area contributed by atoms with E-state index in [1.54, 1.807) is 0 Å². The lowest BCUT2D eigenvalue weighted by molar-refractivity contribution is 0.529. The van der Waals surface area contributed by atoms with Crippen LogP contribution in [0.15, 0.2) is 28.7 Å². The molecule has 21 heavy (non-hydrogen) atoms. The summed E-state index contributed by atoms with van der Waals surface area (Å²) in [6.45, 7) is 8.03. The van der Waals surface area contributed by atoms with Gasteiger partial charge >= 0.3 is 0 Å². The highest BCUT2D eigenvalue weighted by atomic mass is 79.9. The van der Waals surface area contributed by atoms with Crippen LogP contribution in [0.1, 0.15) is 43.8 Å². The van der Waals surface area contributed by atoms with E-state index in [0.717, 1.165) is 34.7 Å². The van der Waals surface area contributed by atoms with E-state index in [-0.39, 0.29) is 6.04 Å². The zero-order valence-corrected chi connectivity index (χ0v) is 15.0. The molecule has 5 heteroatoms. The first kappa shape index (κ1) is 16.5. The molecule has 3 nitrogen and oxygen atoms in total. The molecule has 0 aliphatic heterocycles. The molecule has 1 aromatic heterocycles. The molecule has 1 aromatic carbocycles. The molecule has 1 N–H and O–H groups in total. The van der Waals surface area contributed by atoms with Crippen molar-refractivity contribution < 1.29 is 0 Å². The Bertz CT molecular complexity index is 610. The van der Waals surface area contributed by atoms with Gasteiger partial charge in [0.25, 0.3) is 0 Å². The molecule has 0 unspecified atom stereocenters. The van der Waals surface area contributed by atoms with Crippen LogP contribution in [0.3, 0.4) is 0 Å². The van der Waals surface area contributed by atoms with Crippen molar-refractivity contribution in [3.63, 3.8) is 0 Å². The average Bonchev–Trinajstić information content (AvgIpc) is 2.80. The lowest BCUT2D eigenvalue weighted by Gasteiger charge is -2.15. The van der Waals surface area contributed by atoms with Crippen molar-refractivity contribution in [3.05, 3.63) is 50.7 Å². The Labute approximate surface area is 139 Å². The summed E-state index contributed by atoms with van der Waals surface area (Å²) in [5.41, 5.74) is 3.50. The summed E-state index contributed by atoms with van der Waals surface area (Å²) in [6.07, 6.45) is 0.935. The zero-order chi connectivity index (χ0) is 15.4. The first-order valence-electron chi connectivity index (χ1n) is 7.29. The predicted molar refractivity (Wildman–Crippen MR) is 91.7 cm³/mol. The largest absolute Gasteiger partial charge is 0.305 e. The van der Waals surface area contributed by atoms with E-state index in [9.17, 15) is 0 Å². The third-order valence-electron chi connectivity index (χ3n) is 3.62. The first-order chi connectivity index (χ1) is 10.1. The molecule has 0 aliphatic carbocycles. The van der Waals surface area contributed by atoms with Crippen molar-refractivity contribution in [1.29, 1.82) is 0 Å². The summed E-state index contributed by atoms with van der Waals surface area (Å²) in [4.78, 5) is 0. The van der Waals surface area contributed by atoms with Crippen LogP contribution >= 0.6 is 27.5 Å². The quantitative estimate of drug-likeness (QED) is 0.796. The molecule has 0 fully saturated rings. The second-order valence-electron chi connectivity index (χ2n) is 5.03. The Morgan fingerprint density at radius 3 is 2.76 bits per heavy atom. The lowest BCUT2D eigenvalue weighted by Crippen LogP contribution is -2.20. The van der Waals surface area contributed by atoms with Crippen LogP contribution in [0, 0.1) is 0 Å². The van der Waals surface area contributed by atoms with E-state index >= 15 is 0 Å². The summed E-state index contributed by atoms with van der Waals surface area (Å²) in [7, 11) is 0. The van der Waals surface area contributed by atoms with Gasteiger partial charge in [-0.3, -0.25) is 4.68 Å². The summed E-state index contributed by atoms with van der Waals surface area (Å²) in [5, 5.41) is 8.94. The predicted octanol–water partition coefficient (Wildman–Crippen LogP) is 4.73. The number of aromatic nitrogens is 2. The highest BCUT2D eigenvalue weighted by Crippen LogP contribution is 2.23. The second-order valence-corrected chi connectivity index (χ2v) is 6.26. The highest BCUT2D eigenvalue weighted by molar-refractivity contribution is 9.10. The Kier molecular flexibility index (Phi) is 5.85. The minimum Gasteiger partial charge on any atom is -0.305 e. The van der Waals surface area contributed by atoms with Gasteiger partial charge in [-0.1, -0.05) is 30.7 Å². The van der Waals surface area contributed by atoms with Gasteiger partial charge in [0.2, 0.25) is 0 Å². The van der Waals surface area contributed by atoms with Gasteiger partial charge in [0, 0.05) is 24.2 Å². The molecule has 0 amide bonds. The lowest BCUT2D eigenvalue weighted by atomic mass is 10.1. The Balaban J connectivity index is 2.11. The van der Waals surface area contributed by atoms with Gasteiger partial charge in [0.15, 0.2) is 0 Å².